The van der Waals surface area contributed by atoms with Crippen LogP contribution in [0.25, 0.3) is 5.57 Å². The molecule has 0 N–H and O–H groups in total. The highest BCUT2D eigenvalue weighted by Crippen LogP contribution is 2.35. The van der Waals surface area contributed by atoms with Crippen molar-refractivity contribution in [3.8, 4) is 0 Å². The maximum atomic E-state index is 11.9. The standard InChI is InChI=1S/C37H48N4O3S/c1-7-19-41(23-22-40-20-12-13-30(16-21-40)27-45(6,42)43)37-29(5)35(33-15-11-10-14-31(8-2)32(9-3)26-33)38-36(39-37)34-18-25-44-24-17-28(34)4/h8,10-11,13-15,19,26,34H,1-2,4,9,12,16-18,20-25,27H2,3,5-6H3. The summed E-state index contributed by atoms with van der Waals surface area (Å²) in [4.78, 5) is 15.0. The van der Waals surface area contributed by atoms with Gasteiger partial charge in [-0.3, -0.25) is 0 Å². The summed E-state index contributed by atoms with van der Waals surface area (Å²) in [6.07, 6.45) is 21.7. The van der Waals surface area contributed by atoms with Crippen molar-refractivity contribution in [2.75, 3.05) is 56.3 Å². The van der Waals surface area contributed by atoms with Gasteiger partial charge in [0.25, 0.3) is 0 Å². The first-order valence-corrected chi connectivity index (χ1v) is 18.0. The highest BCUT2D eigenvalue weighted by molar-refractivity contribution is 7.90. The first-order valence-electron chi connectivity index (χ1n) is 15.9. The van der Waals surface area contributed by atoms with Crippen molar-refractivity contribution in [2.45, 2.75) is 51.9 Å². The molecule has 1 unspecified atom stereocenters. The molecule has 0 aromatic carbocycles. The number of anilines is 1. The van der Waals surface area contributed by atoms with E-state index in [-0.39, 0.29) is 11.7 Å². The average molecular weight is 629 g/mol. The maximum absolute atomic E-state index is 11.9. The minimum Gasteiger partial charge on any atom is -0.381 e. The van der Waals surface area contributed by atoms with Crippen molar-refractivity contribution < 1.29 is 13.2 Å². The molecule has 45 heavy (non-hydrogen) atoms. The van der Waals surface area contributed by atoms with E-state index in [2.05, 4.69) is 73.4 Å². The van der Waals surface area contributed by atoms with E-state index in [1.165, 1.54) is 11.8 Å². The number of allylic oxidation sites excluding steroid dienone is 9. The summed E-state index contributed by atoms with van der Waals surface area (Å²) in [6.45, 7) is 21.1. The molecule has 1 aromatic rings. The van der Waals surface area contributed by atoms with Crippen molar-refractivity contribution in [3.63, 3.8) is 0 Å². The van der Waals surface area contributed by atoms with E-state index in [1.54, 1.807) is 0 Å². The predicted octanol–water partition coefficient (Wildman–Crippen LogP) is 6.81. The van der Waals surface area contributed by atoms with Crippen molar-refractivity contribution in [1.29, 1.82) is 0 Å². The Bertz CT molecular complexity index is 1590. The van der Waals surface area contributed by atoms with Crippen molar-refractivity contribution in [3.05, 3.63) is 114 Å². The van der Waals surface area contributed by atoms with Crippen LogP contribution in [0.4, 0.5) is 5.82 Å². The van der Waals surface area contributed by atoms with E-state index >= 15 is 0 Å². The molecule has 7 nitrogen and oxygen atoms in total. The van der Waals surface area contributed by atoms with Gasteiger partial charge in [-0.15, -0.1) is 5.73 Å². The Morgan fingerprint density at radius 3 is 2.71 bits per heavy atom. The summed E-state index contributed by atoms with van der Waals surface area (Å²) in [5.41, 5.74) is 10.3. The van der Waals surface area contributed by atoms with Gasteiger partial charge in [-0.1, -0.05) is 74.3 Å². The minimum atomic E-state index is -3.04. The van der Waals surface area contributed by atoms with Crippen LogP contribution in [0.2, 0.25) is 0 Å². The van der Waals surface area contributed by atoms with Gasteiger partial charge in [-0.05, 0) is 56.3 Å². The van der Waals surface area contributed by atoms with E-state index in [4.69, 9.17) is 14.7 Å². The monoisotopic (exact) mass is 628 g/mol. The number of hydrogen-bond donors (Lipinski definition) is 0. The molecular formula is C37H48N4O3S. The molecule has 0 bridgehead atoms. The maximum Gasteiger partial charge on any atom is 0.151 e. The summed E-state index contributed by atoms with van der Waals surface area (Å²) in [5.74, 6) is 1.71. The van der Waals surface area contributed by atoms with Crippen molar-refractivity contribution >= 4 is 21.2 Å². The van der Waals surface area contributed by atoms with Crippen LogP contribution in [0, 0.1) is 6.92 Å². The van der Waals surface area contributed by atoms with Crippen LogP contribution in [0.5, 0.6) is 0 Å². The molecule has 1 atom stereocenters. The molecule has 1 aromatic heterocycles. The van der Waals surface area contributed by atoms with Gasteiger partial charge in [0.05, 0.1) is 18.1 Å². The second-order valence-corrected chi connectivity index (χ2v) is 14.1. The summed E-state index contributed by atoms with van der Waals surface area (Å²) >= 11 is 0. The molecule has 4 rings (SSSR count). The normalized spacial score (nSPS) is 19.9. The van der Waals surface area contributed by atoms with Crippen LogP contribution in [-0.4, -0.2) is 74.7 Å². The average Bonchev–Trinajstić information content (AvgIpc) is 3.35. The zero-order chi connectivity index (χ0) is 32.4. The molecule has 240 valence electrons. The van der Waals surface area contributed by atoms with Gasteiger partial charge in [-0.2, -0.15) is 0 Å². The van der Waals surface area contributed by atoms with Crippen LogP contribution < -0.4 is 4.90 Å². The van der Waals surface area contributed by atoms with Crippen LogP contribution in [0.3, 0.4) is 0 Å². The van der Waals surface area contributed by atoms with E-state index < -0.39 is 9.84 Å². The summed E-state index contributed by atoms with van der Waals surface area (Å²) in [7, 11) is -3.04. The third kappa shape index (κ3) is 9.47. The van der Waals surface area contributed by atoms with Gasteiger partial charge in [0, 0.05) is 62.3 Å². The molecule has 0 spiro atoms. The Morgan fingerprint density at radius 1 is 1.18 bits per heavy atom. The highest BCUT2D eigenvalue weighted by atomic mass is 32.2. The Morgan fingerprint density at radius 2 is 1.98 bits per heavy atom. The lowest BCUT2D eigenvalue weighted by molar-refractivity contribution is 0.144. The highest BCUT2D eigenvalue weighted by Gasteiger charge is 2.26. The summed E-state index contributed by atoms with van der Waals surface area (Å²) in [5, 5.41) is 0. The fraction of sp³-hybridized carbons (Fsp3) is 0.432. The van der Waals surface area contributed by atoms with Crippen LogP contribution >= 0.6 is 0 Å². The molecule has 2 aliphatic heterocycles. The third-order valence-electron chi connectivity index (χ3n) is 8.55. The van der Waals surface area contributed by atoms with Crippen molar-refractivity contribution in [1.82, 2.24) is 14.9 Å². The van der Waals surface area contributed by atoms with Gasteiger partial charge in [0.2, 0.25) is 0 Å². The number of aromatic nitrogens is 2. The molecule has 1 saturated heterocycles. The zero-order valence-electron chi connectivity index (χ0n) is 27.2. The Kier molecular flexibility index (Phi) is 12.3. The first kappa shape index (κ1) is 34.3. The van der Waals surface area contributed by atoms with Gasteiger partial charge < -0.3 is 14.5 Å². The van der Waals surface area contributed by atoms with E-state index in [0.717, 1.165) is 96.9 Å². The molecule has 0 radical (unpaired) electrons. The topological polar surface area (TPSA) is 75.6 Å². The second-order valence-electron chi connectivity index (χ2n) is 11.9. The SMILES string of the molecule is C=C=CN(CCN1CCC=C(CS(C)(=O)=O)CC1)c1nc(C2CCOCCC2=C)nc(C2=CC(CC)=C(C=C)C=CC=C2)c1C. The number of rotatable bonds is 11. The molecule has 3 heterocycles. The summed E-state index contributed by atoms with van der Waals surface area (Å²) < 4.78 is 29.5. The van der Waals surface area contributed by atoms with Gasteiger partial charge >= 0.3 is 0 Å². The van der Waals surface area contributed by atoms with Crippen LogP contribution in [0.15, 0.2) is 96.5 Å². The number of ether oxygens (including phenoxy) is 1. The first-order chi connectivity index (χ1) is 21.6. The lowest BCUT2D eigenvalue weighted by Gasteiger charge is -2.28. The molecule has 0 amide bonds. The molecule has 1 aliphatic carbocycles. The summed E-state index contributed by atoms with van der Waals surface area (Å²) in [6, 6.07) is 0. The van der Waals surface area contributed by atoms with Gasteiger partial charge in [-0.25, -0.2) is 18.4 Å². The minimum absolute atomic E-state index is 0.00642. The number of sulfone groups is 1. The molecule has 8 heteroatoms. The number of hydrogen-bond acceptors (Lipinski definition) is 7. The zero-order valence-corrected chi connectivity index (χ0v) is 28.0. The lowest BCUT2D eigenvalue weighted by atomic mass is 9.93. The van der Waals surface area contributed by atoms with E-state index in [1.807, 2.05) is 24.4 Å². The van der Waals surface area contributed by atoms with Gasteiger partial charge in [0.15, 0.2) is 9.84 Å². The van der Waals surface area contributed by atoms with E-state index in [9.17, 15) is 8.42 Å². The largest absolute Gasteiger partial charge is 0.381 e. The Balaban J connectivity index is 1.72. The van der Waals surface area contributed by atoms with Crippen molar-refractivity contribution in [2.24, 2.45) is 0 Å². The lowest BCUT2D eigenvalue weighted by Crippen LogP contribution is -2.34. The number of nitrogens with zero attached hydrogens (tertiary/aromatic N) is 4. The van der Waals surface area contributed by atoms with Gasteiger partial charge in [0.1, 0.15) is 11.6 Å². The molecule has 1 fully saturated rings. The van der Waals surface area contributed by atoms with Crippen LogP contribution in [0.1, 0.15) is 62.0 Å². The second kappa shape index (κ2) is 16.1. The Labute approximate surface area is 270 Å². The molecule has 3 aliphatic rings. The molecular weight excluding hydrogens is 580 g/mol. The third-order valence-corrected chi connectivity index (χ3v) is 9.44. The Hall–Kier alpha value is -3.55. The smallest absolute Gasteiger partial charge is 0.151 e. The fourth-order valence-corrected chi connectivity index (χ4v) is 7.02. The van der Waals surface area contributed by atoms with Crippen LogP contribution in [-0.2, 0) is 14.6 Å². The van der Waals surface area contributed by atoms with E-state index in [0.29, 0.717) is 19.8 Å². The quantitative estimate of drug-likeness (QED) is 0.197. The fourth-order valence-electron chi connectivity index (χ4n) is 6.08. The predicted molar refractivity (Wildman–Crippen MR) is 187 cm³/mol. The molecule has 0 saturated carbocycles.